The van der Waals surface area contributed by atoms with Crippen LogP contribution in [0.3, 0.4) is 0 Å². The summed E-state index contributed by atoms with van der Waals surface area (Å²) in [5.74, 6) is -0.736. The van der Waals surface area contributed by atoms with Gasteiger partial charge < -0.3 is 14.6 Å². The smallest absolute Gasteiger partial charge is 0.338 e. The zero-order valence-electron chi connectivity index (χ0n) is 10.4. The van der Waals surface area contributed by atoms with E-state index in [1.807, 2.05) is 13.8 Å². The minimum Gasteiger partial charge on any atom is -0.467 e. The number of aliphatic hydroxyl groups is 1. The van der Waals surface area contributed by atoms with Gasteiger partial charge in [0.15, 0.2) is 5.60 Å². The summed E-state index contributed by atoms with van der Waals surface area (Å²) in [6.07, 6.45) is 2.41. The Labute approximate surface area is 96.9 Å². The first-order valence-electron chi connectivity index (χ1n) is 5.92. The van der Waals surface area contributed by atoms with E-state index in [9.17, 15) is 9.90 Å². The lowest BCUT2D eigenvalue weighted by Gasteiger charge is -2.36. The Kier molecular flexibility index (Phi) is 4.74. The predicted octanol–water partition coefficient (Wildman–Crippen LogP) is 1.36. The first-order chi connectivity index (χ1) is 7.53. The molecule has 0 aliphatic carbocycles. The molecule has 0 bridgehead atoms. The lowest BCUT2D eigenvalue weighted by molar-refractivity contribution is -0.176. The Morgan fingerprint density at radius 1 is 1.44 bits per heavy atom. The van der Waals surface area contributed by atoms with E-state index in [1.54, 1.807) is 0 Å². The third-order valence-electron chi connectivity index (χ3n) is 3.47. The van der Waals surface area contributed by atoms with Gasteiger partial charge >= 0.3 is 5.97 Å². The lowest BCUT2D eigenvalue weighted by Crippen LogP contribution is -2.51. The topological polar surface area (TPSA) is 55.8 Å². The number of hydrogen-bond donors (Lipinski definition) is 1. The van der Waals surface area contributed by atoms with Crippen LogP contribution in [-0.4, -0.2) is 37.0 Å². The van der Waals surface area contributed by atoms with Crippen LogP contribution in [0.2, 0.25) is 0 Å². The maximum absolute atomic E-state index is 11.8. The van der Waals surface area contributed by atoms with Crippen LogP contribution in [-0.2, 0) is 14.3 Å². The van der Waals surface area contributed by atoms with Crippen molar-refractivity contribution >= 4 is 5.97 Å². The average Bonchev–Trinajstić information content (AvgIpc) is 2.55. The van der Waals surface area contributed by atoms with Gasteiger partial charge in [-0.25, -0.2) is 4.79 Å². The molecule has 0 aromatic rings. The number of esters is 1. The Bertz CT molecular complexity index is 231. The molecule has 1 heterocycles. The van der Waals surface area contributed by atoms with Crippen molar-refractivity contribution in [1.82, 2.24) is 0 Å². The Hall–Kier alpha value is -0.610. The summed E-state index contributed by atoms with van der Waals surface area (Å²) in [7, 11) is 1.32. The van der Waals surface area contributed by atoms with E-state index in [2.05, 4.69) is 0 Å². The fourth-order valence-corrected chi connectivity index (χ4v) is 2.38. The molecule has 1 fully saturated rings. The number of rotatable bonds is 3. The standard InChI is InChI=1S/C12H22O4/c1-9(2)12(14,11(13)15-3)10-5-4-7-16-8-6-10/h9-10,14H,4-8H2,1-3H3. The fraction of sp³-hybridized carbons (Fsp3) is 0.917. The van der Waals surface area contributed by atoms with Gasteiger partial charge in [-0.1, -0.05) is 13.8 Å². The molecule has 0 radical (unpaired) electrons. The van der Waals surface area contributed by atoms with Gasteiger partial charge in [0.05, 0.1) is 7.11 Å². The van der Waals surface area contributed by atoms with Crippen LogP contribution >= 0.6 is 0 Å². The summed E-state index contributed by atoms with van der Waals surface area (Å²) in [5.41, 5.74) is -1.37. The van der Waals surface area contributed by atoms with E-state index < -0.39 is 11.6 Å². The molecule has 0 aromatic carbocycles. The molecule has 0 aromatic heterocycles. The van der Waals surface area contributed by atoms with Crippen LogP contribution in [0.25, 0.3) is 0 Å². The predicted molar refractivity (Wildman–Crippen MR) is 60.0 cm³/mol. The van der Waals surface area contributed by atoms with Crippen LogP contribution in [0, 0.1) is 11.8 Å². The van der Waals surface area contributed by atoms with Crippen molar-refractivity contribution in [2.75, 3.05) is 20.3 Å². The van der Waals surface area contributed by atoms with Crippen LogP contribution < -0.4 is 0 Å². The van der Waals surface area contributed by atoms with Crippen LogP contribution in [0.1, 0.15) is 33.1 Å². The summed E-state index contributed by atoms with van der Waals surface area (Å²) < 4.78 is 10.1. The highest BCUT2D eigenvalue weighted by Gasteiger charge is 2.47. The number of methoxy groups -OCH3 is 1. The molecule has 2 unspecified atom stereocenters. The first kappa shape index (κ1) is 13.5. The van der Waals surface area contributed by atoms with Crippen molar-refractivity contribution in [3.63, 3.8) is 0 Å². The maximum Gasteiger partial charge on any atom is 0.338 e. The highest BCUT2D eigenvalue weighted by atomic mass is 16.5. The van der Waals surface area contributed by atoms with E-state index in [0.717, 1.165) is 12.8 Å². The van der Waals surface area contributed by atoms with Crippen LogP contribution in [0.4, 0.5) is 0 Å². The molecule has 4 nitrogen and oxygen atoms in total. The average molecular weight is 230 g/mol. The summed E-state index contributed by atoms with van der Waals surface area (Å²) >= 11 is 0. The van der Waals surface area contributed by atoms with E-state index in [-0.39, 0.29) is 11.8 Å². The fourth-order valence-electron chi connectivity index (χ4n) is 2.38. The minimum absolute atomic E-state index is 0.0672. The van der Waals surface area contributed by atoms with Crippen molar-refractivity contribution in [3.8, 4) is 0 Å². The Balaban J connectivity index is 2.86. The molecule has 1 aliphatic heterocycles. The van der Waals surface area contributed by atoms with Gasteiger partial charge in [0.2, 0.25) is 0 Å². The summed E-state index contributed by atoms with van der Waals surface area (Å²) in [6.45, 7) is 5.02. The molecule has 4 heteroatoms. The van der Waals surface area contributed by atoms with Gasteiger partial charge in [0, 0.05) is 19.1 Å². The van der Waals surface area contributed by atoms with Gasteiger partial charge in [-0.05, 0) is 25.2 Å². The highest BCUT2D eigenvalue weighted by Crippen LogP contribution is 2.34. The summed E-state index contributed by atoms with van der Waals surface area (Å²) in [4.78, 5) is 11.8. The lowest BCUT2D eigenvalue weighted by atomic mass is 9.75. The van der Waals surface area contributed by atoms with E-state index >= 15 is 0 Å². The van der Waals surface area contributed by atoms with Crippen LogP contribution in [0.15, 0.2) is 0 Å². The quantitative estimate of drug-likeness (QED) is 0.744. The maximum atomic E-state index is 11.8. The molecule has 2 atom stereocenters. The SMILES string of the molecule is COC(=O)C(O)(C(C)C)C1CCCOCC1. The zero-order chi connectivity index (χ0) is 12.2. The number of ether oxygens (including phenoxy) is 2. The van der Waals surface area contributed by atoms with Gasteiger partial charge in [0.1, 0.15) is 0 Å². The normalized spacial score (nSPS) is 25.9. The number of hydrogen-bond acceptors (Lipinski definition) is 4. The van der Waals surface area contributed by atoms with Gasteiger partial charge in [-0.15, -0.1) is 0 Å². The Morgan fingerprint density at radius 3 is 2.69 bits per heavy atom. The van der Waals surface area contributed by atoms with E-state index in [0.29, 0.717) is 19.6 Å². The molecule has 0 spiro atoms. The molecule has 0 amide bonds. The zero-order valence-corrected chi connectivity index (χ0v) is 10.4. The second-order valence-electron chi connectivity index (χ2n) is 4.71. The van der Waals surface area contributed by atoms with Crippen LogP contribution in [0.5, 0.6) is 0 Å². The monoisotopic (exact) mass is 230 g/mol. The largest absolute Gasteiger partial charge is 0.467 e. The van der Waals surface area contributed by atoms with Crippen molar-refractivity contribution < 1.29 is 19.4 Å². The third kappa shape index (κ3) is 2.55. The van der Waals surface area contributed by atoms with Crippen molar-refractivity contribution in [2.45, 2.75) is 38.7 Å². The Morgan fingerprint density at radius 2 is 2.12 bits per heavy atom. The molecular weight excluding hydrogens is 208 g/mol. The third-order valence-corrected chi connectivity index (χ3v) is 3.47. The molecule has 16 heavy (non-hydrogen) atoms. The van der Waals surface area contributed by atoms with Crippen molar-refractivity contribution in [3.05, 3.63) is 0 Å². The molecular formula is C12H22O4. The minimum atomic E-state index is -1.37. The van der Waals surface area contributed by atoms with Gasteiger partial charge in [-0.3, -0.25) is 0 Å². The molecule has 94 valence electrons. The van der Waals surface area contributed by atoms with Crippen molar-refractivity contribution in [2.24, 2.45) is 11.8 Å². The molecule has 0 saturated carbocycles. The first-order valence-corrected chi connectivity index (χ1v) is 5.92. The molecule has 1 rings (SSSR count). The number of carbonyl (C=O) groups is 1. The molecule has 1 aliphatic rings. The molecule has 1 saturated heterocycles. The van der Waals surface area contributed by atoms with Gasteiger partial charge in [-0.2, -0.15) is 0 Å². The second-order valence-corrected chi connectivity index (χ2v) is 4.71. The summed E-state index contributed by atoms with van der Waals surface area (Å²) in [5, 5.41) is 10.6. The summed E-state index contributed by atoms with van der Waals surface area (Å²) in [6, 6.07) is 0. The van der Waals surface area contributed by atoms with E-state index in [1.165, 1.54) is 7.11 Å². The highest BCUT2D eigenvalue weighted by molar-refractivity contribution is 5.80. The van der Waals surface area contributed by atoms with E-state index in [4.69, 9.17) is 9.47 Å². The number of carbonyl (C=O) groups excluding carboxylic acids is 1. The second kappa shape index (κ2) is 5.64. The van der Waals surface area contributed by atoms with Crippen molar-refractivity contribution in [1.29, 1.82) is 0 Å². The van der Waals surface area contributed by atoms with Gasteiger partial charge in [0.25, 0.3) is 0 Å². The molecule has 1 N–H and O–H groups in total.